The molecule has 7 heteroatoms. The van der Waals surface area contributed by atoms with E-state index in [4.69, 9.17) is 11.6 Å². The number of amides is 1. The van der Waals surface area contributed by atoms with Crippen LogP contribution in [0.5, 0.6) is 0 Å². The summed E-state index contributed by atoms with van der Waals surface area (Å²) in [4.78, 5) is 21.1. The number of hydrogen-bond donors (Lipinski definition) is 1. The van der Waals surface area contributed by atoms with Crippen molar-refractivity contribution >= 4 is 35.7 Å². The number of rotatable bonds is 2. The van der Waals surface area contributed by atoms with E-state index in [0.29, 0.717) is 10.9 Å². The number of carbonyl (C=O) groups is 1. The first-order valence-corrected chi connectivity index (χ1v) is 7.98. The van der Waals surface area contributed by atoms with Crippen LogP contribution in [0.4, 0.5) is 5.82 Å². The van der Waals surface area contributed by atoms with Gasteiger partial charge < -0.3 is 15.1 Å². The second kappa shape index (κ2) is 7.99. The van der Waals surface area contributed by atoms with Gasteiger partial charge in [0, 0.05) is 38.3 Å². The van der Waals surface area contributed by atoms with Gasteiger partial charge in [-0.2, -0.15) is 0 Å². The predicted molar refractivity (Wildman–Crippen MR) is 90.9 cm³/mol. The summed E-state index contributed by atoms with van der Waals surface area (Å²) in [5.74, 6) is 1.49. The number of piperidine rings is 1. The second-order valence-corrected chi connectivity index (χ2v) is 6.11. The first-order chi connectivity index (χ1) is 10.2. The van der Waals surface area contributed by atoms with Gasteiger partial charge in [0.1, 0.15) is 5.82 Å². The van der Waals surface area contributed by atoms with Crippen LogP contribution in [0, 0.1) is 5.92 Å². The average Bonchev–Trinajstić information content (AvgIpc) is 2.56. The highest BCUT2D eigenvalue weighted by atomic mass is 35.5. The number of hydrogen-bond acceptors (Lipinski definition) is 4. The molecule has 3 heterocycles. The summed E-state index contributed by atoms with van der Waals surface area (Å²) in [6.07, 6.45) is 3.61. The molecule has 2 saturated heterocycles. The number of pyridine rings is 1. The Morgan fingerprint density at radius 3 is 2.45 bits per heavy atom. The molecule has 1 aromatic rings. The number of piperazine rings is 1. The predicted octanol–water partition coefficient (Wildman–Crippen LogP) is 1.80. The molecule has 0 bridgehead atoms. The molecule has 0 saturated carbocycles. The monoisotopic (exact) mass is 344 g/mol. The molecule has 5 nitrogen and oxygen atoms in total. The molecule has 0 radical (unpaired) electrons. The minimum absolute atomic E-state index is 0. The van der Waals surface area contributed by atoms with E-state index in [9.17, 15) is 4.79 Å². The topological polar surface area (TPSA) is 48.5 Å². The van der Waals surface area contributed by atoms with Gasteiger partial charge >= 0.3 is 0 Å². The fraction of sp³-hybridized carbons (Fsp3) is 0.600. The molecule has 3 rings (SSSR count). The summed E-state index contributed by atoms with van der Waals surface area (Å²) in [6.45, 7) is 5.17. The normalized spacial score (nSPS) is 19.7. The van der Waals surface area contributed by atoms with Gasteiger partial charge in [0.2, 0.25) is 5.91 Å². The lowest BCUT2D eigenvalue weighted by molar-refractivity contribution is -0.136. The molecule has 1 N–H and O–H groups in total. The van der Waals surface area contributed by atoms with Crippen LogP contribution in [-0.2, 0) is 4.79 Å². The van der Waals surface area contributed by atoms with E-state index in [1.807, 2.05) is 17.0 Å². The Balaban J connectivity index is 0.00000176. The number of carbonyl (C=O) groups excluding carboxylic acids is 1. The van der Waals surface area contributed by atoms with Crippen molar-refractivity contribution in [1.82, 2.24) is 15.2 Å². The summed E-state index contributed by atoms with van der Waals surface area (Å²) in [6, 6.07) is 3.79. The number of aromatic nitrogens is 1. The minimum Gasteiger partial charge on any atom is -0.353 e. The van der Waals surface area contributed by atoms with E-state index < -0.39 is 0 Å². The Bertz CT molecular complexity index is 483. The third-order valence-corrected chi connectivity index (χ3v) is 4.54. The van der Waals surface area contributed by atoms with E-state index in [2.05, 4.69) is 15.2 Å². The molecule has 0 unspecified atom stereocenters. The molecule has 0 aliphatic carbocycles. The molecule has 2 aliphatic heterocycles. The average molecular weight is 345 g/mol. The van der Waals surface area contributed by atoms with Gasteiger partial charge in [-0.25, -0.2) is 4.98 Å². The van der Waals surface area contributed by atoms with Crippen molar-refractivity contribution in [1.29, 1.82) is 0 Å². The van der Waals surface area contributed by atoms with Crippen molar-refractivity contribution in [3.8, 4) is 0 Å². The summed E-state index contributed by atoms with van der Waals surface area (Å²) in [7, 11) is 0. The van der Waals surface area contributed by atoms with Crippen molar-refractivity contribution in [3.63, 3.8) is 0 Å². The van der Waals surface area contributed by atoms with Crippen LogP contribution in [0.2, 0.25) is 5.02 Å². The zero-order valence-electron chi connectivity index (χ0n) is 12.5. The minimum atomic E-state index is 0. The number of nitrogens with one attached hydrogen (secondary N) is 1. The third kappa shape index (κ3) is 4.03. The van der Waals surface area contributed by atoms with Crippen LogP contribution in [0.15, 0.2) is 18.3 Å². The zero-order valence-corrected chi connectivity index (χ0v) is 14.1. The standard InChI is InChI=1S/C15H21ClN4O.ClH/c16-13-1-2-14(18-11-13)19-7-9-20(10-8-19)15(21)12-3-5-17-6-4-12;/h1-2,11-12,17H,3-10H2;1H. The van der Waals surface area contributed by atoms with Gasteiger partial charge in [-0.05, 0) is 38.1 Å². The number of halogens is 2. The van der Waals surface area contributed by atoms with Crippen LogP contribution in [0.25, 0.3) is 0 Å². The molecule has 2 aliphatic rings. The van der Waals surface area contributed by atoms with Crippen LogP contribution in [0.1, 0.15) is 12.8 Å². The first-order valence-electron chi connectivity index (χ1n) is 7.60. The van der Waals surface area contributed by atoms with Gasteiger partial charge in [0.05, 0.1) is 5.02 Å². The maximum atomic E-state index is 12.5. The number of nitrogens with zero attached hydrogens (tertiary/aromatic N) is 3. The lowest BCUT2D eigenvalue weighted by Gasteiger charge is -2.37. The van der Waals surface area contributed by atoms with E-state index >= 15 is 0 Å². The maximum Gasteiger partial charge on any atom is 0.225 e. The van der Waals surface area contributed by atoms with Crippen LogP contribution < -0.4 is 10.2 Å². The van der Waals surface area contributed by atoms with Gasteiger partial charge in [0.25, 0.3) is 0 Å². The molecular formula is C15H22Cl2N4O. The lowest BCUT2D eigenvalue weighted by atomic mass is 9.96. The summed E-state index contributed by atoms with van der Waals surface area (Å²) in [5, 5.41) is 3.96. The van der Waals surface area contributed by atoms with E-state index in [0.717, 1.165) is 57.9 Å². The SMILES string of the molecule is Cl.O=C(C1CCNCC1)N1CCN(c2ccc(Cl)cn2)CC1. The van der Waals surface area contributed by atoms with Crippen molar-refractivity contribution in [2.45, 2.75) is 12.8 Å². The highest BCUT2D eigenvalue weighted by Crippen LogP contribution is 2.19. The zero-order chi connectivity index (χ0) is 14.7. The summed E-state index contributed by atoms with van der Waals surface area (Å²) >= 11 is 5.86. The van der Waals surface area contributed by atoms with Gasteiger partial charge in [0.15, 0.2) is 0 Å². The van der Waals surface area contributed by atoms with E-state index in [1.54, 1.807) is 6.20 Å². The Labute approximate surface area is 142 Å². The van der Waals surface area contributed by atoms with Crippen LogP contribution in [0.3, 0.4) is 0 Å². The smallest absolute Gasteiger partial charge is 0.225 e. The molecular weight excluding hydrogens is 323 g/mol. The Morgan fingerprint density at radius 1 is 1.18 bits per heavy atom. The highest BCUT2D eigenvalue weighted by Gasteiger charge is 2.28. The van der Waals surface area contributed by atoms with Crippen LogP contribution >= 0.6 is 24.0 Å². The fourth-order valence-electron chi connectivity index (χ4n) is 3.04. The largest absolute Gasteiger partial charge is 0.353 e. The molecule has 1 amide bonds. The Kier molecular flexibility index (Phi) is 6.29. The Morgan fingerprint density at radius 2 is 1.86 bits per heavy atom. The molecule has 0 spiro atoms. The van der Waals surface area contributed by atoms with E-state index in [-0.39, 0.29) is 18.3 Å². The molecule has 122 valence electrons. The van der Waals surface area contributed by atoms with Gasteiger partial charge in [-0.1, -0.05) is 11.6 Å². The molecule has 0 aromatic carbocycles. The first kappa shape index (κ1) is 17.3. The molecule has 22 heavy (non-hydrogen) atoms. The number of anilines is 1. The van der Waals surface area contributed by atoms with Crippen molar-refractivity contribution in [3.05, 3.63) is 23.4 Å². The van der Waals surface area contributed by atoms with Gasteiger partial charge in [-0.15, -0.1) is 12.4 Å². The highest BCUT2D eigenvalue weighted by molar-refractivity contribution is 6.30. The van der Waals surface area contributed by atoms with Crippen molar-refractivity contribution < 1.29 is 4.79 Å². The fourth-order valence-corrected chi connectivity index (χ4v) is 3.15. The maximum absolute atomic E-state index is 12.5. The van der Waals surface area contributed by atoms with Gasteiger partial charge in [-0.3, -0.25) is 4.79 Å². The van der Waals surface area contributed by atoms with E-state index in [1.165, 1.54) is 0 Å². The molecule has 1 aromatic heterocycles. The quantitative estimate of drug-likeness (QED) is 0.888. The summed E-state index contributed by atoms with van der Waals surface area (Å²) in [5.41, 5.74) is 0. The molecule has 0 atom stereocenters. The van der Waals surface area contributed by atoms with Crippen molar-refractivity contribution in [2.24, 2.45) is 5.92 Å². The Hall–Kier alpha value is -1.04. The second-order valence-electron chi connectivity index (χ2n) is 5.67. The van der Waals surface area contributed by atoms with Crippen LogP contribution in [-0.4, -0.2) is 55.1 Å². The molecule has 2 fully saturated rings. The third-order valence-electron chi connectivity index (χ3n) is 4.32. The summed E-state index contributed by atoms with van der Waals surface area (Å²) < 4.78 is 0. The van der Waals surface area contributed by atoms with Crippen molar-refractivity contribution in [2.75, 3.05) is 44.2 Å². The lowest BCUT2D eigenvalue weighted by Crippen LogP contribution is -2.51.